The summed E-state index contributed by atoms with van der Waals surface area (Å²) in [5, 5.41) is 26.4. The van der Waals surface area contributed by atoms with Crippen molar-refractivity contribution in [2.45, 2.75) is 84.0 Å². The zero-order valence-electron chi connectivity index (χ0n) is 29.7. The van der Waals surface area contributed by atoms with Gasteiger partial charge in [0.1, 0.15) is 17.6 Å². The number of benzene rings is 1. The van der Waals surface area contributed by atoms with Gasteiger partial charge in [0.2, 0.25) is 11.9 Å². The van der Waals surface area contributed by atoms with Gasteiger partial charge < -0.3 is 40.5 Å². The molecule has 0 radical (unpaired) electrons. The number of para-hydroxylation sites is 1. The summed E-state index contributed by atoms with van der Waals surface area (Å²) >= 11 is 0. The van der Waals surface area contributed by atoms with Crippen LogP contribution >= 0.6 is 7.60 Å². The molecule has 2 fully saturated rings. The van der Waals surface area contributed by atoms with E-state index in [1.165, 1.54) is 32.1 Å². The van der Waals surface area contributed by atoms with Crippen molar-refractivity contribution in [1.29, 1.82) is 0 Å². The summed E-state index contributed by atoms with van der Waals surface area (Å²) in [5.41, 5.74) is 1.62. The molecule has 276 valence electrons. The number of nitrogens with zero attached hydrogens (tertiary/aromatic N) is 6. The highest BCUT2D eigenvalue weighted by Gasteiger charge is 2.29. The highest BCUT2D eigenvalue weighted by atomic mass is 31.2. The molecular formula is C34H56N11O4P. The molecule has 1 aromatic carbocycles. The second-order valence-electron chi connectivity index (χ2n) is 12.9. The van der Waals surface area contributed by atoms with Crippen LogP contribution in [-0.2, 0) is 31.5 Å². The van der Waals surface area contributed by atoms with E-state index in [2.05, 4.69) is 41.8 Å². The molecule has 15 nitrogen and oxygen atoms in total. The van der Waals surface area contributed by atoms with E-state index in [0.29, 0.717) is 32.1 Å². The summed E-state index contributed by atoms with van der Waals surface area (Å²) in [6.07, 6.45) is 11.0. The number of carbonyl (C=O) groups is 1. The Morgan fingerprint density at radius 3 is 2.64 bits per heavy atom. The molecule has 1 unspecified atom stereocenters. The molecule has 1 saturated heterocycles. The smallest absolute Gasteiger partial charge is 0.332 e. The summed E-state index contributed by atoms with van der Waals surface area (Å²) in [7, 11) is -3.24. The molecule has 0 bridgehead atoms. The molecule has 2 aliphatic rings. The van der Waals surface area contributed by atoms with Crippen molar-refractivity contribution in [1.82, 2.24) is 46.2 Å². The van der Waals surface area contributed by atoms with Crippen LogP contribution in [0.2, 0.25) is 0 Å². The molecule has 1 aliphatic carbocycles. The van der Waals surface area contributed by atoms with E-state index < -0.39 is 13.6 Å². The van der Waals surface area contributed by atoms with Gasteiger partial charge in [-0.15, -0.1) is 5.10 Å². The standard InChI is InChI=1S/C34H56N11O4P/c1-3-48-50(47,49-4-2)23-20-38-33(46)31-26-44(22-19-37-31)32-29-14-8-9-15-30(29)40-34(41-32)39-24-28-25-45(43-42-28)21-11-17-35-16-10-18-36-27-12-6-5-7-13-27/h8-9,14-15,25,27,31,35-37H,3-7,10-13,16-24,26H2,1-2H3,(H,38,46)(H,39,40,41). The lowest BCUT2D eigenvalue weighted by Gasteiger charge is -2.34. The van der Waals surface area contributed by atoms with Gasteiger partial charge in [-0.3, -0.25) is 14.0 Å². The Balaban J connectivity index is 1.08. The molecule has 16 heteroatoms. The van der Waals surface area contributed by atoms with Crippen LogP contribution in [0, 0.1) is 0 Å². The Morgan fingerprint density at radius 1 is 1.02 bits per heavy atom. The predicted octanol–water partition coefficient (Wildman–Crippen LogP) is 3.29. The molecule has 0 spiro atoms. The molecule has 5 rings (SSSR count). The van der Waals surface area contributed by atoms with Crippen LogP contribution in [0.25, 0.3) is 10.9 Å². The van der Waals surface area contributed by atoms with E-state index in [0.717, 1.165) is 67.5 Å². The molecular weight excluding hydrogens is 657 g/mol. The molecule has 1 aliphatic heterocycles. The Morgan fingerprint density at radius 2 is 1.82 bits per heavy atom. The van der Waals surface area contributed by atoms with E-state index in [1.807, 2.05) is 35.1 Å². The normalized spacial score (nSPS) is 17.3. The first-order chi connectivity index (χ1) is 24.5. The quantitative estimate of drug-likeness (QED) is 0.0805. The Labute approximate surface area is 296 Å². The van der Waals surface area contributed by atoms with Crippen LogP contribution in [0.5, 0.6) is 0 Å². The fraction of sp³-hybridized carbons (Fsp3) is 0.676. The maximum absolute atomic E-state index is 13.1. The SMILES string of the molecule is CCOP(=O)(CCNC(=O)C1CN(c2nc(NCc3cn(CCCNCCCNC4CCCCC4)nn3)nc3ccccc23)CCN1)OCC. The van der Waals surface area contributed by atoms with Gasteiger partial charge in [-0.1, -0.05) is 36.6 Å². The van der Waals surface area contributed by atoms with Gasteiger partial charge in [-0.25, -0.2) is 4.98 Å². The largest absolute Gasteiger partial charge is 0.354 e. The number of hydrogen-bond acceptors (Lipinski definition) is 13. The minimum atomic E-state index is -3.24. The van der Waals surface area contributed by atoms with E-state index in [9.17, 15) is 9.36 Å². The number of nitrogens with one attached hydrogen (secondary N) is 5. The molecule has 1 amide bonds. The zero-order valence-corrected chi connectivity index (χ0v) is 30.6. The summed E-state index contributed by atoms with van der Waals surface area (Å²) < 4.78 is 25.4. The highest BCUT2D eigenvalue weighted by molar-refractivity contribution is 7.53. The maximum Gasteiger partial charge on any atom is 0.332 e. The fourth-order valence-electron chi connectivity index (χ4n) is 6.51. The number of hydrogen-bond donors (Lipinski definition) is 5. The topological polar surface area (TPSA) is 172 Å². The van der Waals surface area contributed by atoms with Crippen molar-refractivity contribution < 1.29 is 18.4 Å². The van der Waals surface area contributed by atoms with Crippen LogP contribution in [0.15, 0.2) is 30.5 Å². The van der Waals surface area contributed by atoms with Crippen LogP contribution in [-0.4, -0.2) is 108 Å². The van der Waals surface area contributed by atoms with Gasteiger partial charge in [0.15, 0.2) is 0 Å². The number of aromatic nitrogens is 5. The third-order valence-corrected chi connectivity index (χ3v) is 11.1. The van der Waals surface area contributed by atoms with E-state index in [4.69, 9.17) is 19.0 Å². The zero-order chi connectivity index (χ0) is 35.0. The Bertz CT molecular complexity index is 1510. The third kappa shape index (κ3) is 11.7. The lowest BCUT2D eigenvalue weighted by Crippen LogP contribution is -2.57. The van der Waals surface area contributed by atoms with Crippen molar-refractivity contribution >= 4 is 36.2 Å². The van der Waals surface area contributed by atoms with E-state index in [1.54, 1.807) is 13.8 Å². The number of anilines is 2. The van der Waals surface area contributed by atoms with Crippen LogP contribution in [0.3, 0.4) is 0 Å². The van der Waals surface area contributed by atoms with Crippen molar-refractivity contribution in [2.75, 3.05) is 75.4 Å². The first-order valence-electron chi connectivity index (χ1n) is 18.4. The van der Waals surface area contributed by atoms with Gasteiger partial charge >= 0.3 is 7.60 Å². The Kier molecular flexibility index (Phi) is 15.2. The maximum atomic E-state index is 13.1. The average molecular weight is 714 g/mol. The predicted molar refractivity (Wildman–Crippen MR) is 197 cm³/mol. The van der Waals surface area contributed by atoms with E-state index >= 15 is 0 Å². The minimum Gasteiger partial charge on any atom is -0.354 e. The minimum absolute atomic E-state index is 0.117. The first kappa shape index (κ1) is 38.0. The van der Waals surface area contributed by atoms with Crippen LogP contribution < -0.4 is 31.5 Å². The number of fused-ring (bicyclic) bond motifs is 1. The lowest BCUT2D eigenvalue weighted by molar-refractivity contribution is -0.123. The molecule has 5 N–H and O–H groups in total. The summed E-state index contributed by atoms with van der Waals surface area (Å²) in [5.74, 6) is 1.07. The van der Waals surface area contributed by atoms with Crippen molar-refractivity contribution in [3.63, 3.8) is 0 Å². The molecule has 1 atom stereocenters. The second kappa shape index (κ2) is 20.0. The molecule has 50 heavy (non-hydrogen) atoms. The van der Waals surface area contributed by atoms with Gasteiger partial charge in [0, 0.05) is 44.2 Å². The Hall–Kier alpha value is -3.20. The molecule has 3 aromatic rings. The number of aryl methyl sites for hydroxylation is 1. The second-order valence-corrected chi connectivity index (χ2v) is 15.1. The van der Waals surface area contributed by atoms with Gasteiger partial charge in [0.25, 0.3) is 0 Å². The average Bonchev–Trinajstić information content (AvgIpc) is 3.59. The van der Waals surface area contributed by atoms with Gasteiger partial charge in [-0.2, -0.15) is 4.98 Å². The van der Waals surface area contributed by atoms with Crippen molar-refractivity contribution in [3.05, 3.63) is 36.2 Å². The molecule has 1 saturated carbocycles. The number of amides is 1. The fourth-order valence-corrected chi connectivity index (χ4v) is 8.02. The number of rotatable bonds is 21. The number of carbonyl (C=O) groups excluding carboxylic acids is 1. The summed E-state index contributed by atoms with van der Waals surface area (Å²) in [6.45, 7) is 10.3. The van der Waals surface area contributed by atoms with Gasteiger partial charge in [0.05, 0.1) is 37.6 Å². The van der Waals surface area contributed by atoms with Crippen molar-refractivity contribution in [3.8, 4) is 0 Å². The summed E-state index contributed by atoms with van der Waals surface area (Å²) in [4.78, 5) is 24.9. The first-order valence-corrected chi connectivity index (χ1v) is 20.2. The monoisotopic (exact) mass is 713 g/mol. The molecule has 2 aromatic heterocycles. The van der Waals surface area contributed by atoms with Crippen LogP contribution in [0.4, 0.5) is 11.8 Å². The highest BCUT2D eigenvalue weighted by Crippen LogP contribution is 2.47. The van der Waals surface area contributed by atoms with Gasteiger partial charge in [-0.05, 0) is 71.3 Å². The molecule has 3 heterocycles. The summed E-state index contributed by atoms with van der Waals surface area (Å²) in [6, 6.07) is 8.13. The lowest BCUT2D eigenvalue weighted by atomic mass is 9.95. The van der Waals surface area contributed by atoms with Crippen LogP contribution in [0.1, 0.15) is 64.5 Å². The number of piperazine rings is 1. The van der Waals surface area contributed by atoms with Crippen molar-refractivity contribution in [2.24, 2.45) is 0 Å². The van der Waals surface area contributed by atoms with E-state index in [-0.39, 0.29) is 31.8 Å². The third-order valence-electron chi connectivity index (χ3n) is 9.03.